The van der Waals surface area contributed by atoms with E-state index < -0.39 is 0 Å². The molecule has 2 aromatic heterocycles. The summed E-state index contributed by atoms with van der Waals surface area (Å²) < 4.78 is 1.76. The summed E-state index contributed by atoms with van der Waals surface area (Å²) in [5.74, 6) is 0. The number of hydrogen-bond donors (Lipinski definition) is 1. The third-order valence-electron chi connectivity index (χ3n) is 4.29. The van der Waals surface area contributed by atoms with E-state index in [0.717, 1.165) is 32.9 Å². The quantitative estimate of drug-likeness (QED) is 0.563. The average Bonchev–Trinajstić information content (AvgIpc) is 3.08. The lowest BCUT2D eigenvalue weighted by molar-refractivity contribution is 0.771. The first-order chi connectivity index (χ1) is 12.5. The van der Waals surface area contributed by atoms with Crippen molar-refractivity contribution in [3.63, 3.8) is 0 Å². The number of aryl methyl sites for hydroxylation is 2. The van der Waals surface area contributed by atoms with Crippen LogP contribution in [-0.4, -0.2) is 14.5 Å². The third-order valence-corrected chi connectivity index (χ3v) is 5.13. The number of rotatable bonds is 3. The fourth-order valence-electron chi connectivity index (χ4n) is 2.98. The summed E-state index contributed by atoms with van der Waals surface area (Å²) in [5.41, 5.74) is 11.6. The normalized spacial score (nSPS) is 11.2. The Kier molecular flexibility index (Phi) is 4.05. The van der Waals surface area contributed by atoms with Gasteiger partial charge in [-0.2, -0.15) is 0 Å². The number of fused-ring (bicyclic) bond motifs is 1. The Morgan fingerprint density at radius 2 is 1.96 bits per heavy atom. The standard InChI is InChI=1S/C20H18N4OS/c1-12-6-7-16-18(8-12)24(20(25)13(2)22-16)10-19-23-17(11-26-19)14-4-3-5-15(21)9-14/h3-9,11H,10,21H2,1-2H3. The van der Waals surface area contributed by atoms with Crippen LogP contribution in [0.25, 0.3) is 22.3 Å². The van der Waals surface area contributed by atoms with Gasteiger partial charge in [-0.15, -0.1) is 11.3 Å². The van der Waals surface area contributed by atoms with Crippen molar-refractivity contribution in [3.8, 4) is 11.3 Å². The van der Waals surface area contributed by atoms with Crippen LogP contribution in [0, 0.1) is 13.8 Å². The first-order valence-corrected chi connectivity index (χ1v) is 9.17. The van der Waals surface area contributed by atoms with E-state index in [2.05, 4.69) is 4.98 Å². The number of hydrogen-bond acceptors (Lipinski definition) is 5. The van der Waals surface area contributed by atoms with Crippen LogP contribution in [0.2, 0.25) is 0 Å². The third kappa shape index (κ3) is 2.99. The van der Waals surface area contributed by atoms with Crippen molar-refractivity contribution in [2.24, 2.45) is 0 Å². The SMILES string of the molecule is Cc1ccc2nc(C)c(=O)n(Cc3nc(-c4cccc(N)c4)cs3)c2c1. The Balaban J connectivity index is 1.78. The first kappa shape index (κ1) is 16.5. The van der Waals surface area contributed by atoms with E-state index in [-0.39, 0.29) is 5.56 Å². The van der Waals surface area contributed by atoms with Crippen LogP contribution in [0.3, 0.4) is 0 Å². The Labute approximate surface area is 154 Å². The molecule has 0 fully saturated rings. The molecule has 0 spiro atoms. The van der Waals surface area contributed by atoms with Gasteiger partial charge in [0.2, 0.25) is 0 Å². The van der Waals surface area contributed by atoms with Crippen molar-refractivity contribution in [3.05, 3.63) is 74.5 Å². The molecule has 2 heterocycles. The maximum Gasteiger partial charge on any atom is 0.272 e. The van der Waals surface area contributed by atoms with E-state index in [9.17, 15) is 4.79 Å². The highest BCUT2D eigenvalue weighted by atomic mass is 32.1. The molecule has 0 aliphatic carbocycles. The largest absolute Gasteiger partial charge is 0.399 e. The molecule has 5 nitrogen and oxygen atoms in total. The molecule has 6 heteroatoms. The van der Waals surface area contributed by atoms with Crippen molar-refractivity contribution < 1.29 is 0 Å². The molecule has 0 aliphatic heterocycles. The predicted octanol–water partition coefficient (Wildman–Crippen LogP) is 3.77. The van der Waals surface area contributed by atoms with Crippen LogP contribution in [0.15, 0.2) is 52.6 Å². The molecule has 2 aromatic carbocycles. The molecule has 0 unspecified atom stereocenters. The molecule has 0 amide bonds. The highest BCUT2D eigenvalue weighted by Gasteiger charge is 2.12. The summed E-state index contributed by atoms with van der Waals surface area (Å²) in [7, 11) is 0. The smallest absolute Gasteiger partial charge is 0.272 e. The fraction of sp³-hybridized carbons (Fsp3) is 0.150. The van der Waals surface area contributed by atoms with Crippen LogP contribution in [0.1, 0.15) is 16.3 Å². The maximum absolute atomic E-state index is 12.7. The van der Waals surface area contributed by atoms with E-state index in [0.29, 0.717) is 17.9 Å². The van der Waals surface area contributed by atoms with E-state index in [4.69, 9.17) is 10.7 Å². The van der Waals surface area contributed by atoms with E-state index in [1.807, 2.05) is 54.8 Å². The van der Waals surface area contributed by atoms with Crippen molar-refractivity contribution in [1.29, 1.82) is 0 Å². The zero-order valence-corrected chi connectivity index (χ0v) is 15.4. The monoisotopic (exact) mass is 362 g/mol. The molecule has 0 radical (unpaired) electrons. The Morgan fingerprint density at radius 1 is 1.12 bits per heavy atom. The van der Waals surface area contributed by atoms with Gasteiger partial charge in [-0.3, -0.25) is 9.36 Å². The summed E-state index contributed by atoms with van der Waals surface area (Å²) in [5, 5.41) is 2.87. The summed E-state index contributed by atoms with van der Waals surface area (Å²) >= 11 is 1.54. The second-order valence-electron chi connectivity index (χ2n) is 6.33. The van der Waals surface area contributed by atoms with Gasteiger partial charge < -0.3 is 5.73 Å². The lowest BCUT2D eigenvalue weighted by Gasteiger charge is -2.10. The molecule has 4 aromatic rings. The summed E-state index contributed by atoms with van der Waals surface area (Å²) in [6, 6.07) is 13.6. The van der Waals surface area contributed by atoms with E-state index >= 15 is 0 Å². The van der Waals surface area contributed by atoms with Crippen LogP contribution < -0.4 is 11.3 Å². The highest BCUT2D eigenvalue weighted by Crippen LogP contribution is 2.24. The van der Waals surface area contributed by atoms with E-state index in [1.165, 1.54) is 0 Å². The van der Waals surface area contributed by atoms with Crippen LogP contribution >= 0.6 is 11.3 Å². The molecule has 0 aliphatic rings. The van der Waals surface area contributed by atoms with Crippen molar-refractivity contribution >= 4 is 28.1 Å². The Bertz CT molecular complexity index is 1180. The lowest BCUT2D eigenvalue weighted by atomic mass is 10.1. The minimum Gasteiger partial charge on any atom is -0.399 e. The first-order valence-electron chi connectivity index (χ1n) is 8.29. The number of anilines is 1. The predicted molar refractivity (Wildman–Crippen MR) is 107 cm³/mol. The molecule has 130 valence electrons. The minimum atomic E-state index is -0.0798. The maximum atomic E-state index is 12.7. The molecule has 2 N–H and O–H groups in total. The van der Waals surface area contributed by atoms with Crippen LogP contribution in [0.5, 0.6) is 0 Å². The van der Waals surface area contributed by atoms with Crippen molar-refractivity contribution in [2.45, 2.75) is 20.4 Å². The van der Waals surface area contributed by atoms with Gasteiger partial charge >= 0.3 is 0 Å². The average molecular weight is 362 g/mol. The fourth-order valence-corrected chi connectivity index (χ4v) is 3.77. The number of aromatic nitrogens is 3. The molecular weight excluding hydrogens is 344 g/mol. The van der Waals surface area contributed by atoms with Gasteiger partial charge in [0.15, 0.2) is 0 Å². The summed E-state index contributed by atoms with van der Waals surface area (Å²) in [6.45, 7) is 4.18. The van der Waals surface area contributed by atoms with E-state index in [1.54, 1.807) is 22.8 Å². The minimum absolute atomic E-state index is 0.0798. The highest BCUT2D eigenvalue weighted by molar-refractivity contribution is 7.09. The van der Waals surface area contributed by atoms with Gasteiger partial charge in [-0.1, -0.05) is 18.2 Å². The molecule has 0 atom stereocenters. The van der Waals surface area contributed by atoms with Gasteiger partial charge in [0.1, 0.15) is 10.7 Å². The van der Waals surface area contributed by atoms with Crippen LogP contribution in [0.4, 0.5) is 5.69 Å². The van der Waals surface area contributed by atoms with Crippen molar-refractivity contribution in [1.82, 2.24) is 14.5 Å². The second-order valence-corrected chi connectivity index (χ2v) is 7.28. The van der Waals surface area contributed by atoms with Crippen LogP contribution in [-0.2, 0) is 6.54 Å². The summed E-state index contributed by atoms with van der Waals surface area (Å²) in [6.07, 6.45) is 0. The number of thiazole rings is 1. The Morgan fingerprint density at radius 3 is 2.77 bits per heavy atom. The molecule has 26 heavy (non-hydrogen) atoms. The van der Waals surface area contributed by atoms with Gasteiger partial charge in [0, 0.05) is 16.6 Å². The number of benzene rings is 2. The zero-order valence-electron chi connectivity index (χ0n) is 14.6. The molecule has 0 bridgehead atoms. The Hall–Kier alpha value is -2.99. The zero-order chi connectivity index (χ0) is 18.3. The molecule has 0 saturated carbocycles. The number of nitrogens with zero attached hydrogens (tertiary/aromatic N) is 3. The van der Waals surface area contributed by atoms with Gasteiger partial charge in [-0.25, -0.2) is 9.97 Å². The molecule has 4 rings (SSSR count). The molecule has 0 saturated heterocycles. The van der Waals surface area contributed by atoms with Gasteiger partial charge in [-0.05, 0) is 43.7 Å². The van der Waals surface area contributed by atoms with Crippen molar-refractivity contribution in [2.75, 3.05) is 5.73 Å². The summed E-state index contributed by atoms with van der Waals surface area (Å²) in [4.78, 5) is 21.8. The number of nitrogens with two attached hydrogens (primary N) is 1. The number of nitrogen functional groups attached to an aromatic ring is 1. The topological polar surface area (TPSA) is 73.8 Å². The van der Waals surface area contributed by atoms with Gasteiger partial charge in [0.05, 0.1) is 23.3 Å². The second kappa shape index (κ2) is 6.38. The van der Waals surface area contributed by atoms with Gasteiger partial charge in [0.25, 0.3) is 5.56 Å². The lowest BCUT2D eigenvalue weighted by Crippen LogP contribution is -2.24. The molecular formula is C20H18N4OS.